The summed E-state index contributed by atoms with van der Waals surface area (Å²) in [6.45, 7) is 11.5. The Hall–Kier alpha value is -4.23. The minimum Gasteiger partial charge on any atom is -0.494 e. The van der Waals surface area contributed by atoms with Crippen molar-refractivity contribution in [1.29, 1.82) is 0 Å². The molecular formula is C38H48FN8O4PS. The number of rotatable bonds is 11. The fourth-order valence-corrected chi connectivity index (χ4v) is 7.62. The maximum atomic E-state index is 14.4. The molecule has 53 heavy (non-hydrogen) atoms. The summed E-state index contributed by atoms with van der Waals surface area (Å²) in [6, 6.07) is 21.0. The normalized spacial score (nSPS) is 19.8. The van der Waals surface area contributed by atoms with E-state index < -0.39 is 17.1 Å². The molecule has 3 aromatic carbocycles. The van der Waals surface area contributed by atoms with Crippen LogP contribution in [-0.4, -0.2) is 79.0 Å². The SMILES string of the molecule is CCOc1ccc(N2CCN(c3ccc(-n4cnn([C@@H](CC)[C@H](O)S)c4=O)cc3)CC2)cc1.C[C@H]1CO[C@@](Cn2cncn2)(c2ccc(P)cc2F)C1. The summed E-state index contributed by atoms with van der Waals surface area (Å²) in [4.78, 5) is 21.5. The van der Waals surface area contributed by atoms with E-state index >= 15 is 0 Å². The Morgan fingerprint density at radius 1 is 0.981 bits per heavy atom. The number of anilines is 2. The molecule has 5 atom stereocenters. The van der Waals surface area contributed by atoms with Crippen molar-refractivity contribution in [3.05, 3.63) is 108 Å². The Morgan fingerprint density at radius 2 is 1.62 bits per heavy atom. The van der Waals surface area contributed by atoms with Gasteiger partial charge in [0.05, 0.1) is 31.5 Å². The highest BCUT2D eigenvalue weighted by molar-refractivity contribution is 7.80. The predicted molar refractivity (Wildman–Crippen MR) is 211 cm³/mol. The Balaban J connectivity index is 0.000000204. The summed E-state index contributed by atoms with van der Waals surface area (Å²) in [6.07, 6.45) is 5.94. The summed E-state index contributed by atoms with van der Waals surface area (Å²) in [5.41, 5.74) is 1.79. The largest absolute Gasteiger partial charge is 0.494 e. The lowest BCUT2D eigenvalue weighted by atomic mass is 9.87. The molecule has 2 saturated heterocycles. The van der Waals surface area contributed by atoms with Crippen molar-refractivity contribution in [2.45, 2.75) is 57.2 Å². The third kappa shape index (κ3) is 8.95. The molecule has 0 aliphatic carbocycles. The van der Waals surface area contributed by atoms with Gasteiger partial charge in [0, 0.05) is 43.1 Å². The second kappa shape index (κ2) is 17.3. The van der Waals surface area contributed by atoms with Crippen LogP contribution in [-0.2, 0) is 16.9 Å². The molecule has 2 aliphatic rings. The molecule has 1 N–H and O–H groups in total. The molecule has 2 aliphatic heterocycles. The standard InChI is InChI=1S/C24H31N5O3S.C14H17FN3OP/c1-3-22(23(30)33)29-24(31)28(17-25-29)20-7-5-18(6-8-20)26-13-15-27(16-14-26)19-9-11-21(12-10-19)32-4-2;1-10-5-14(19-6-10,7-18-9-16-8-17-18)12-3-2-11(20)4-13(12)15/h5-12,17,22-23,30,33H,3-4,13-16H2,1-2H3;2-4,8-10H,5-7,20H2,1H3/t22-,23+;10-,14+/m01/s1. The van der Waals surface area contributed by atoms with Gasteiger partial charge in [0.15, 0.2) is 0 Å². The number of thiol groups is 1. The first-order chi connectivity index (χ1) is 25.6. The number of ether oxygens (including phenoxy) is 2. The lowest BCUT2D eigenvalue weighted by molar-refractivity contribution is -0.0202. The molecule has 1 unspecified atom stereocenters. The zero-order chi connectivity index (χ0) is 37.5. The maximum absolute atomic E-state index is 14.4. The van der Waals surface area contributed by atoms with Crippen LogP contribution in [0.1, 0.15) is 45.2 Å². The number of aromatic nitrogens is 6. The van der Waals surface area contributed by atoms with Crippen LogP contribution < -0.4 is 25.5 Å². The van der Waals surface area contributed by atoms with Crippen LogP contribution in [0, 0.1) is 11.7 Å². The van der Waals surface area contributed by atoms with Gasteiger partial charge in [-0.25, -0.2) is 28.1 Å². The van der Waals surface area contributed by atoms with Crippen LogP contribution in [0.15, 0.2) is 90.5 Å². The first-order valence-corrected chi connectivity index (χ1v) is 19.1. The van der Waals surface area contributed by atoms with Crippen molar-refractivity contribution < 1.29 is 19.0 Å². The van der Waals surface area contributed by atoms with E-state index in [1.165, 1.54) is 33.7 Å². The fourth-order valence-electron chi connectivity index (χ4n) is 7.04. The first kappa shape index (κ1) is 38.5. The van der Waals surface area contributed by atoms with Gasteiger partial charge >= 0.3 is 5.69 Å². The van der Waals surface area contributed by atoms with Gasteiger partial charge in [-0.15, -0.1) is 21.9 Å². The van der Waals surface area contributed by atoms with E-state index in [-0.39, 0.29) is 11.5 Å². The first-order valence-electron chi connectivity index (χ1n) is 18.0. The Labute approximate surface area is 317 Å². The average Bonchev–Trinajstić information content (AvgIpc) is 3.90. The van der Waals surface area contributed by atoms with Crippen molar-refractivity contribution in [3.63, 3.8) is 0 Å². The van der Waals surface area contributed by atoms with Gasteiger partial charge in [0.1, 0.15) is 41.6 Å². The monoisotopic (exact) mass is 762 g/mol. The molecule has 0 amide bonds. The van der Waals surface area contributed by atoms with Gasteiger partial charge in [-0.05, 0) is 85.6 Å². The summed E-state index contributed by atoms with van der Waals surface area (Å²) < 4.78 is 30.4. The van der Waals surface area contributed by atoms with Gasteiger partial charge in [0.2, 0.25) is 0 Å². The number of benzene rings is 3. The lowest BCUT2D eigenvalue weighted by Crippen LogP contribution is -2.46. The zero-order valence-corrected chi connectivity index (χ0v) is 32.4. The smallest absolute Gasteiger partial charge is 0.350 e. The van der Waals surface area contributed by atoms with Crippen molar-refractivity contribution in [2.24, 2.45) is 5.92 Å². The second-order valence-corrected chi connectivity index (χ2v) is 14.7. The number of hydrogen-bond acceptors (Lipinski definition) is 10. The zero-order valence-electron chi connectivity index (χ0n) is 30.3. The maximum Gasteiger partial charge on any atom is 0.350 e. The number of aliphatic hydroxyl groups excluding tert-OH is 1. The van der Waals surface area contributed by atoms with Crippen LogP contribution in [0.4, 0.5) is 15.8 Å². The molecule has 4 heterocycles. The molecule has 15 heteroatoms. The van der Waals surface area contributed by atoms with Crippen LogP contribution in [0.3, 0.4) is 0 Å². The molecular weight excluding hydrogens is 715 g/mol. The molecule has 12 nitrogen and oxygen atoms in total. The minimum atomic E-state index is -0.945. The summed E-state index contributed by atoms with van der Waals surface area (Å²) in [5.74, 6) is 1.07. The second-order valence-electron chi connectivity index (χ2n) is 13.5. The van der Waals surface area contributed by atoms with Gasteiger partial charge in [0.25, 0.3) is 0 Å². The Morgan fingerprint density at radius 3 is 2.15 bits per heavy atom. The lowest BCUT2D eigenvalue weighted by Gasteiger charge is -2.37. The van der Waals surface area contributed by atoms with E-state index in [2.05, 4.69) is 65.9 Å². The van der Waals surface area contributed by atoms with Gasteiger partial charge < -0.3 is 24.4 Å². The van der Waals surface area contributed by atoms with E-state index in [1.54, 1.807) is 11.0 Å². The fraction of sp³-hybridized carbons (Fsp3) is 0.421. The Kier molecular flexibility index (Phi) is 12.5. The Bertz CT molecular complexity index is 1970. The molecule has 282 valence electrons. The van der Waals surface area contributed by atoms with E-state index in [1.807, 2.05) is 62.4 Å². The van der Waals surface area contributed by atoms with Crippen LogP contribution in [0.5, 0.6) is 5.75 Å². The molecule has 2 fully saturated rings. The quantitative estimate of drug-likeness (QED) is 0.111. The summed E-state index contributed by atoms with van der Waals surface area (Å²) in [5, 5.41) is 18.9. The third-order valence-corrected chi connectivity index (χ3v) is 10.4. The number of hydrogen-bond donors (Lipinski definition) is 2. The van der Waals surface area contributed by atoms with Crippen LogP contribution in [0.25, 0.3) is 5.69 Å². The van der Waals surface area contributed by atoms with Gasteiger partial charge in [-0.1, -0.05) is 26.0 Å². The average molecular weight is 763 g/mol. The van der Waals surface area contributed by atoms with E-state index in [4.69, 9.17) is 9.47 Å². The number of piperazine rings is 1. The van der Waals surface area contributed by atoms with Crippen LogP contribution in [0.2, 0.25) is 0 Å². The molecule has 0 bridgehead atoms. The molecule has 2 aromatic heterocycles. The highest BCUT2D eigenvalue weighted by Crippen LogP contribution is 2.41. The van der Waals surface area contributed by atoms with Gasteiger partial charge in [-0.2, -0.15) is 10.2 Å². The minimum absolute atomic E-state index is 0.230. The van der Waals surface area contributed by atoms with E-state index in [0.717, 1.165) is 55.0 Å². The van der Waals surface area contributed by atoms with E-state index in [9.17, 15) is 14.3 Å². The van der Waals surface area contributed by atoms with E-state index in [0.29, 0.717) is 37.7 Å². The molecule has 7 rings (SSSR count). The molecule has 0 saturated carbocycles. The topological polar surface area (TPSA) is 116 Å². The third-order valence-electron chi connectivity index (χ3n) is 9.75. The molecule has 0 radical (unpaired) electrons. The number of halogens is 1. The van der Waals surface area contributed by atoms with Crippen molar-refractivity contribution in [1.82, 2.24) is 29.1 Å². The molecule has 0 spiro atoms. The highest BCUT2D eigenvalue weighted by atomic mass is 32.1. The summed E-state index contributed by atoms with van der Waals surface area (Å²) in [7, 11) is 2.51. The van der Waals surface area contributed by atoms with Crippen molar-refractivity contribution >= 4 is 38.5 Å². The van der Waals surface area contributed by atoms with Gasteiger partial charge in [-0.3, -0.25) is 0 Å². The van der Waals surface area contributed by atoms with Crippen LogP contribution >= 0.6 is 21.9 Å². The molecule has 5 aromatic rings. The predicted octanol–water partition coefficient (Wildman–Crippen LogP) is 4.83. The summed E-state index contributed by atoms with van der Waals surface area (Å²) >= 11 is 4.08. The van der Waals surface area contributed by atoms with Crippen molar-refractivity contribution in [3.8, 4) is 11.4 Å². The van der Waals surface area contributed by atoms with Crippen molar-refractivity contribution in [2.75, 3.05) is 49.2 Å². The number of aliphatic hydroxyl groups is 1. The highest BCUT2D eigenvalue weighted by Gasteiger charge is 2.43. The number of nitrogens with zero attached hydrogens (tertiary/aromatic N) is 8.